The Morgan fingerprint density at radius 1 is 1.44 bits per heavy atom. The molecule has 4 heteroatoms. The van der Waals surface area contributed by atoms with Crippen molar-refractivity contribution in [2.75, 3.05) is 27.2 Å². The lowest BCUT2D eigenvalue weighted by Crippen LogP contribution is -2.53. The number of ether oxygens (including phenoxy) is 1. The van der Waals surface area contributed by atoms with Crippen molar-refractivity contribution in [3.63, 3.8) is 0 Å². The molecule has 0 aromatic heterocycles. The van der Waals surface area contributed by atoms with Gasteiger partial charge in [0.25, 0.3) is 0 Å². The van der Waals surface area contributed by atoms with Crippen molar-refractivity contribution in [2.24, 2.45) is 16.7 Å². The van der Waals surface area contributed by atoms with Crippen LogP contribution in [-0.2, 0) is 4.74 Å². The maximum absolute atomic E-state index is 6.27. The van der Waals surface area contributed by atoms with E-state index in [1.54, 1.807) is 0 Å². The summed E-state index contributed by atoms with van der Waals surface area (Å²) >= 11 is 5.33. The van der Waals surface area contributed by atoms with Crippen molar-refractivity contribution in [3.8, 4) is 0 Å². The van der Waals surface area contributed by atoms with Gasteiger partial charge in [0.05, 0.1) is 12.2 Å². The summed E-state index contributed by atoms with van der Waals surface area (Å²) in [4.78, 5) is 1.95. The van der Waals surface area contributed by atoms with Crippen LogP contribution in [0.15, 0.2) is 0 Å². The Bertz CT molecular complexity index is 399. The van der Waals surface area contributed by atoms with Crippen LogP contribution in [-0.4, -0.2) is 42.9 Å². The second-order valence-corrected chi connectivity index (χ2v) is 7.41. The monoisotopic (exact) mass is 268 g/mol. The van der Waals surface area contributed by atoms with E-state index in [-0.39, 0.29) is 5.60 Å². The molecule has 1 aliphatic heterocycles. The van der Waals surface area contributed by atoms with Gasteiger partial charge in [-0.05, 0) is 37.4 Å². The van der Waals surface area contributed by atoms with Gasteiger partial charge in [0.1, 0.15) is 0 Å². The second-order valence-electron chi connectivity index (χ2n) is 7.03. The third-order valence-electron chi connectivity index (χ3n) is 6.32. The molecule has 4 bridgehead atoms. The average molecular weight is 268 g/mol. The molecule has 1 saturated heterocycles. The van der Waals surface area contributed by atoms with Gasteiger partial charge in [0, 0.05) is 31.5 Å². The molecule has 102 valence electrons. The molecule has 3 nitrogen and oxygen atoms in total. The van der Waals surface area contributed by atoms with E-state index in [9.17, 15) is 0 Å². The third-order valence-corrected chi connectivity index (χ3v) is 6.83. The molecule has 18 heavy (non-hydrogen) atoms. The highest BCUT2D eigenvalue weighted by molar-refractivity contribution is 7.80. The Labute approximate surface area is 115 Å². The highest BCUT2D eigenvalue weighted by atomic mass is 32.1. The Hall–Kier alpha value is -0.350. The lowest BCUT2D eigenvalue weighted by molar-refractivity contribution is -0.0791. The molecule has 3 aliphatic rings. The van der Waals surface area contributed by atoms with Crippen LogP contribution in [0.4, 0.5) is 0 Å². The first kappa shape index (κ1) is 12.7. The first-order valence-electron chi connectivity index (χ1n) is 6.94. The molecule has 3 rings (SSSR count). The summed E-state index contributed by atoms with van der Waals surface area (Å²) in [6.45, 7) is 6.67. The van der Waals surface area contributed by atoms with Crippen LogP contribution < -0.4 is 5.32 Å². The summed E-state index contributed by atoms with van der Waals surface area (Å²) in [6.07, 6.45) is 3.91. The van der Waals surface area contributed by atoms with E-state index in [4.69, 9.17) is 17.0 Å². The predicted molar refractivity (Wildman–Crippen MR) is 76.5 cm³/mol. The molecule has 0 amide bonds. The van der Waals surface area contributed by atoms with E-state index < -0.39 is 0 Å². The number of thiocarbonyl (C=S) groups is 1. The van der Waals surface area contributed by atoms with E-state index in [1.165, 1.54) is 19.3 Å². The van der Waals surface area contributed by atoms with Gasteiger partial charge in [-0.25, -0.2) is 0 Å². The van der Waals surface area contributed by atoms with Crippen molar-refractivity contribution in [2.45, 2.75) is 38.7 Å². The summed E-state index contributed by atoms with van der Waals surface area (Å²) in [5.41, 5.74) is 0.749. The lowest BCUT2D eigenvalue weighted by Gasteiger charge is -2.42. The van der Waals surface area contributed by atoms with Crippen LogP contribution in [0.3, 0.4) is 0 Å². The molecule has 0 spiro atoms. The van der Waals surface area contributed by atoms with Gasteiger partial charge in [-0.1, -0.05) is 13.8 Å². The molecule has 4 atom stereocenters. The minimum atomic E-state index is 0.0186. The van der Waals surface area contributed by atoms with E-state index in [1.807, 2.05) is 19.0 Å². The molecule has 1 N–H and O–H groups in total. The first-order valence-corrected chi connectivity index (χ1v) is 7.35. The van der Waals surface area contributed by atoms with Gasteiger partial charge >= 0.3 is 0 Å². The van der Waals surface area contributed by atoms with Crippen molar-refractivity contribution < 1.29 is 4.74 Å². The fourth-order valence-electron chi connectivity index (χ4n) is 4.69. The number of nitrogens with one attached hydrogen (secondary N) is 1. The van der Waals surface area contributed by atoms with Gasteiger partial charge in [-0.3, -0.25) is 0 Å². The SMILES string of the molecule is CN(C)C(=S)NC[C@@]12C[C@@H]3CC[C@]1(C)[C@@]3(C)CO2. The molecule has 1 heterocycles. The minimum absolute atomic E-state index is 0.0186. The summed E-state index contributed by atoms with van der Waals surface area (Å²) < 4.78 is 6.27. The Morgan fingerprint density at radius 3 is 2.72 bits per heavy atom. The number of rotatable bonds is 2. The molecule has 0 aromatic rings. The second kappa shape index (κ2) is 3.60. The van der Waals surface area contributed by atoms with Crippen LogP contribution in [0.2, 0.25) is 0 Å². The van der Waals surface area contributed by atoms with Crippen LogP contribution in [0.5, 0.6) is 0 Å². The molecule has 0 radical (unpaired) electrons. The van der Waals surface area contributed by atoms with Gasteiger partial charge in [-0.15, -0.1) is 0 Å². The largest absolute Gasteiger partial charge is 0.372 e. The van der Waals surface area contributed by atoms with E-state index in [0.29, 0.717) is 10.8 Å². The quantitative estimate of drug-likeness (QED) is 0.775. The predicted octanol–water partition coefficient (Wildman–Crippen LogP) is 2.02. The maximum atomic E-state index is 6.27. The standard InChI is InChI=1S/C14H24N2OS/c1-12-9-17-14(8-15-11(18)16(3)4)7-10(12)5-6-13(12,14)2/h10H,5-9H2,1-4H3,(H,15,18)/t10-,12-,13+,14-/m0/s1. The minimum Gasteiger partial charge on any atom is -0.372 e. The molecule has 0 aromatic carbocycles. The Balaban J connectivity index is 1.79. The van der Waals surface area contributed by atoms with E-state index >= 15 is 0 Å². The summed E-state index contributed by atoms with van der Waals surface area (Å²) in [5.74, 6) is 0.853. The van der Waals surface area contributed by atoms with Crippen LogP contribution >= 0.6 is 12.2 Å². The van der Waals surface area contributed by atoms with Gasteiger partial charge in [0.2, 0.25) is 0 Å². The van der Waals surface area contributed by atoms with Gasteiger partial charge < -0.3 is 15.0 Å². The van der Waals surface area contributed by atoms with Crippen molar-refractivity contribution in [3.05, 3.63) is 0 Å². The van der Waals surface area contributed by atoms with Gasteiger partial charge in [-0.2, -0.15) is 0 Å². The number of nitrogens with zero attached hydrogens (tertiary/aromatic N) is 1. The van der Waals surface area contributed by atoms with Crippen LogP contribution in [0.1, 0.15) is 33.1 Å². The Kier molecular flexibility index (Phi) is 2.54. The summed E-state index contributed by atoms with van der Waals surface area (Å²) in [7, 11) is 3.96. The lowest BCUT2D eigenvalue weighted by atomic mass is 9.66. The van der Waals surface area contributed by atoms with Crippen LogP contribution in [0, 0.1) is 16.7 Å². The maximum Gasteiger partial charge on any atom is 0.168 e. The molecule has 2 aliphatic carbocycles. The number of hydrogen-bond acceptors (Lipinski definition) is 2. The topological polar surface area (TPSA) is 24.5 Å². The zero-order valence-corrected chi connectivity index (χ0v) is 12.7. The average Bonchev–Trinajstić information content (AvgIpc) is 2.78. The molecule has 2 saturated carbocycles. The number of hydrogen-bond donors (Lipinski definition) is 1. The van der Waals surface area contributed by atoms with Crippen LogP contribution in [0.25, 0.3) is 0 Å². The van der Waals surface area contributed by atoms with Crippen molar-refractivity contribution >= 4 is 17.3 Å². The molecular formula is C14H24N2OS. The molecule has 3 fully saturated rings. The molecule has 0 unspecified atom stereocenters. The first-order chi connectivity index (χ1) is 8.35. The normalized spacial score (nSPS) is 48.6. The summed E-state index contributed by atoms with van der Waals surface area (Å²) in [6, 6.07) is 0. The fraction of sp³-hybridized carbons (Fsp3) is 0.929. The van der Waals surface area contributed by atoms with Crippen molar-refractivity contribution in [1.82, 2.24) is 10.2 Å². The molecular weight excluding hydrogens is 244 g/mol. The van der Waals surface area contributed by atoms with Gasteiger partial charge in [0.15, 0.2) is 5.11 Å². The zero-order valence-electron chi connectivity index (χ0n) is 11.9. The highest BCUT2D eigenvalue weighted by Gasteiger charge is 2.75. The highest BCUT2D eigenvalue weighted by Crippen LogP contribution is 2.74. The Morgan fingerprint density at radius 2 is 2.17 bits per heavy atom. The summed E-state index contributed by atoms with van der Waals surface area (Å²) in [5, 5.41) is 4.22. The smallest absolute Gasteiger partial charge is 0.168 e. The van der Waals surface area contributed by atoms with Crippen molar-refractivity contribution in [1.29, 1.82) is 0 Å². The van der Waals surface area contributed by atoms with E-state index in [0.717, 1.165) is 24.2 Å². The third kappa shape index (κ3) is 1.26. The van der Waals surface area contributed by atoms with E-state index in [2.05, 4.69) is 19.2 Å². The zero-order chi connectivity index (χ0) is 13.2. The fourth-order valence-corrected chi connectivity index (χ4v) is 4.77.